The highest BCUT2D eigenvalue weighted by Gasteiger charge is 2.26. The molecule has 0 unspecified atom stereocenters. The third-order valence-corrected chi connectivity index (χ3v) is 5.72. The zero-order valence-corrected chi connectivity index (χ0v) is 14.0. The molecule has 2 rings (SSSR count). The average molecular weight is 314 g/mol. The Morgan fingerprint density at radius 2 is 2.00 bits per heavy atom. The second-order valence-electron chi connectivity index (χ2n) is 5.65. The van der Waals surface area contributed by atoms with Crippen molar-refractivity contribution in [2.45, 2.75) is 57.5 Å². The Kier molecular flexibility index (Phi) is 5.40. The predicted octanol–water partition coefficient (Wildman–Crippen LogP) is 1.36. The van der Waals surface area contributed by atoms with Crippen molar-refractivity contribution < 1.29 is 8.42 Å². The maximum absolute atomic E-state index is 12.5. The van der Waals surface area contributed by atoms with E-state index in [1.165, 1.54) is 6.20 Å². The van der Waals surface area contributed by atoms with Crippen LogP contribution in [0.4, 0.5) is 0 Å². The first-order valence-electron chi connectivity index (χ1n) is 7.75. The van der Waals surface area contributed by atoms with Crippen LogP contribution < -0.4 is 4.72 Å². The summed E-state index contributed by atoms with van der Waals surface area (Å²) in [4.78, 5) is 2.70. The number of piperidine rings is 1. The third-order valence-electron chi connectivity index (χ3n) is 4.10. The van der Waals surface area contributed by atoms with Crippen molar-refractivity contribution in [2.75, 3.05) is 19.6 Å². The van der Waals surface area contributed by atoms with Gasteiger partial charge in [-0.25, -0.2) is 13.1 Å². The van der Waals surface area contributed by atoms with Gasteiger partial charge in [-0.1, -0.05) is 6.92 Å². The van der Waals surface area contributed by atoms with Gasteiger partial charge in [0.2, 0.25) is 10.0 Å². The van der Waals surface area contributed by atoms with Gasteiger partial charge in [0.15, 0.2) is 0 Å². The molecule has 120 valence electrons. The Morgan fingerprint density at radius 1 is 1.33 bits per heavy atom. The lowest BCUT2D eigenvalue weighted by molar-refractivity contribution is 0.208. The van der Waals surface area contributed by atoms with E-state index in [2.05, 4.69) is 21.6 Å². The minimum atomic E-state index is -3.46. The molecule has 0 aliphatic carbocycles. The van der Waals surface area contributed by atoms with Crippen molar-refractivity contribution in [1.82, 2.24) is 19.4 Å². The van der Waals surface area contributed by atoms with Crippen LogP contribution >= 0.6 is 0 Å². The van der Waals surface area contributed by atoms with E-state index in [0.29, 0.717) is 17.1 Å². The van der Waals surface area contributed by atoms with Gasteiger partial charge < -0.3 is 4.90 Å². The lowest BCUT2D eigenvalue weighted by atomic mass is 10.1. The van der Waals surface area contributed by atoms with Gasteiger partial charge >= 0.3 is 0 Å². The number of aromatic nitrogens is 2. The quantitative estimate of drug-likeness (QED) is 0.861. The fourth-order valence-electron chi connectivity index (χ4n) is 2.89. The highest BCUT2D eigenvalue weighted by Crippen LogP contribution is 2.17. The number of hydrogen-bond acceptors (Lipinski definition) is 4. The molecule has 0 spiro atoms. The Labute approximate surface area is 127 Å². The summed E-state index contributed by atoms with van der Waals surface area (Å²) in [6, 6.07) is 0.0347. The molecule has 1 aromatic heterocycles. The van der Waals surface area contributed by atoms with Gasteiger partial charge in [0, 0.05) is 12.6 Å². The number of nitrogens with zero attached hydrogens (tertiary/aromatic N) is 3. The highest BCUT2D eigenvalue weighted by atomic mass is 32.2. The number of aryl methyl sites for hydroxylation is 1. The monoisotopic (exact) mass is 314 g/mol. The standard InChI is InChI=1S/C14H26N4O2S/c1-4-8-17-9-6-13(7-10-17)16-21(19,20)14-11-15-18(5-2)12(14)3/h11,13,16H,4-10H2,1-3H3. The van der Waals surface area contributed by atoms with E-state index in [1.807, 2.05) is 6.92 Å². The van der Waals surface area contributed by atoms with E-state index in [4.69, 9.17) is 0 Å². The first-order valence-corrected chi connectivity index (χ1v) is 9.23. The molecular formula is C14H26N4O2S. The number of hydrogen-bond donors (Lipinski definition) is 1. The molecular weight excluding hydrogens is 288 g/mol. The van der Waals surface area contributed by atoms with Gasteiger partial charge in [-0.05, 0) is 52.7 Å². The minimum Gasteiger partial charge on any atom is -0.303 e. The van der Waals surface area contributed by atoms with Crippen molar-refractivity contribution >= 4 is 10.0 Å². The summed E-state index contributed by atoms with van der Waals surface area (Å²) in [6.07, 6.45) is 4.35. The Morgan fingerprint density at radius 3 is 2.52 bits per heavy atom. The van der Waals surface area contributed by atoms with Crippen molar-refractivity contribution in [3.63, 3.8) is 0 Å². The van der Waals surface area contributed by atoms with Gasteiger partial charge in [-0.3, -0.25) is 4.68 Å². The van der Waals surface area contributed by atoms with Crippen LogP contribution in [0.25, 0.3) is 0 Å². The summed E-state index contributed by atoms with van der Waals surface area (Å²) in [5.41, 5.74) is 0.702. The molecule has 6 nitrogen and oxygen atoms in total. The summed E-state index contributed by atoms with van der Waals surface area (Å²) in [6.45, 7) is 9.63. The van der Waals surface area contributed by atoms with Gasteiger partial charge in [0.25, 0.3) is 0 Å². The molecule has 1 saturated heterocycles. The Balaban J connectivity index is 2.00. The number of sulfonamides is 1. The summed E-state index contributed by atoms with van der Waals surface area (Å²) in [5, 5.41) is 4.12. The molecule has 0 radical (unpaired) electrons. The summed E-state index contributed by atoms with van der Waals surface area (Å²) in [5.74, 6) is 0. The van der Waals surface area contributed by atoms with Crippen LogP contribution in [0.3, 0.4) is 0 Å². The Hall–Kier alpha value is -0.920. The van der Waals surface area contributed by atoms with E-state index >= 15 is 0 Å². The van der Waals surface area contributed by atoms with Gasteiger partial charge in [0.05, 0.1) is 11.9 Å². The molecule has 1 N–H and O–H groups in total. The molecule has 2 heterocycles. The number of nitrogens with one attached hydrogen (secondary N) is 1. The average Bonchev–Trinajstić information content (AvgIpc) is 2.83. The first-order chi connectivity index (χ1) is 9.97. The topological polar surface area (TPSA) is 67.2 Å². The summed E-state index contributed by atoms with van der Waals surface area (Å²) < 4.78 is 29.5. The van der Waals surface area contributed by atoms with Crippen molar-refractivity contribution in [2.24, 2.45) is 0 Å². The second kappa shape index (κ2) is 6.89. The zero-order chi connectivity index (χ0) is 15.5. The summed E-state index contributed by atoms with van der Waals surface area (Å²) in [7, 11) is -3.46. The molecule has 1 aliphatic rings. The smallest absolute Gasteiger partial charge is 0.244 e. The molecule has 21 heavy (non-hydrogen) atoms. The number of likely N-dealkylation sites (tertiary alicyclic amines) is 1. The van der Waals surface area contributed by atoms with Crippen molar-refractivity contribution in [3.8, 4) is 0 Å². The number of rotatable bonds is 6. The first kappa shape index (κ1) is 16.5. The molecule has 1 aliphatic heterocycles. The van der Waals surface area contributed by atoms with E-state index in [9.17, 15) is 8.42 Å². The van der Waals surface area contributed by atoms with E-state index in [-0.39, 0.29) is 6.04 Å². The predicted molar refractivity (Wildman–Crippen MR) is 82.7 cm³/mol. The van der Waals surface area contributed by atoms with Crippen LogP contribution in [0, 0.1) is 6.92 Å². The fourth-order valence-corrected chi connectivity index (χ4v) is 4.37. The molecule has 7 heteroatoms. The maximum atomic E-state index is 12.5. The van der Waals surface area contributed by atoms with Crippen molar-refractivity contribution in [3.05, 3.63) is 11.9 Å². The van der Waals surface area contributed by atoms with E-state index in [1.54, 1.807) is 11.6 Å². The largest absolute Gasteiger partial charge is 0.303 e. The minimum absolute atomic E-state index is 0.0347. The molecule has 1 fully saturated rings. The van der Waals surface area contributed by atoms with Gasteiger partial charge in [-0.15, -0.1) is 0 Å². The van der Waals surface area contributed by atoms with Crippen molar-refractivity contribution in [1.29, 1.82) is 0 Å². The van der Waals surface area contributed by atoms with Crippen LogP contribution in [0.1, 0.15) is 38.8 Å². The molecule has 0 amide bonds. The molecule has 0 aromatic carbocycles. The van der Waals surface area contributed by atoms with Crippen LogP contribution in [-0.4, -0.2) is 48.8 Å². The van der Waals surface area contributed by atoms with Crippen LogP contribution in [0.2, 0.25) is 0 Å². The van der Waals surface area contributed by atoms with E-state index in [0.717, 1.165) is 38.9 Å². The SMILES string of the molecule is CCCN1CCC(NS(=O)(=O)c2cnn(CC)c2C)CC1. The maximum Gasteiger partial charge on any atom is 0.244 e. The molecule has 0 bridgehead atoms. The van der Waals surface area contributed by atoms with E-state index < -0.39 is 10.0 Å². The molecule has 0 saturated carbocycles. The van der Waals surface area contributed by atoms with Crippen LogP contribution in [-0.2, 0) is 16.6 Å². The second-order valence-corrected chi connectivity index (χ2v) is 7.33. The summed E-state index contributed by atoms with van der Waals surface area (Å²) >= 11 is 0. The fraction of sp³-hybridized carbons (Fsp3) is 0.786. The normalized spacial score (nSPS) is 18.2. The molecule has 0 atom stereocenters. The lowest BCUT2D eigenvalue weighted by Gasteiger charge is -2.31. The Bertz CT molecular complexity index is 560. The lowest BCUT2D eigenvalue weighted by Crippen LogP contribution is -2.44. The van der Waals surface area contributed by atoms with Crippen LogP contribution in [0.15, 0.2) is 11.1 Å². The van der Waals surface area contributed by atoms with Crippen LogP contribution in [0.5, 0.6) is 0 Å². The van der Waals surface area contributed by atoms with Gasteiger partial charge in [0.1, 0.15) is 4.90 Å². The highest BCUT2D eigenvalue weighted by molar-refractivity contribution is 7.89. The van der Waals surface area contributed by atoms with Gasteiger partial charge in [-0.2, -0.15) is 5.10 Å². The zero-order valence-electron chi connectivity index (χ0n) is 13.2. The molecule has 1 aromatic rings. The third kappa shape index (κ3) is 3.84.